The molecule has 0 fully saturated rings. The van der Waals surface area contributed by atoms with Gasteiger partial charge in [-0.25, -0.2) is 14.8 Å². The number of benzene rings is 2. The predicted molar refractivity (Wildman–Crippen MR) is 157 cm³/mol. The van der Waals surface area contributed by atoms with E-state index in [9.17, 15) is 26.4 Å². The molecule has 226 valence electrons. The smallest absolute Gasteiger partial charge is 0.461 e. The Labute approximate surface area is 249 Å². The lowest BCUT2D eigenvalue weighted by molar-refractivity contribution is -0.0429. The second-order valence-electron chi connectivity index (χ2n) is 9.75. The molecule has 9 nitrogen and oxygen atoms in total. The minimum absolute atomic E-state index is 0.00501. The first-order valence-electron chi connectivity index (χ1n) is 13.3. The summed E-state index contributed by atoms with van der Waals surface area (Å²) in [5.41, 5.74) is -2.54. The van der Waals surface area contributed by atoms with Gasteiger partial charge in [0.2, 0.25) is 0 Å². The number of rotatable bonds is 9. The molecule has 5 aromatic rings. The molecule has 0 radical (unpaired) electrons. The van der Waals surface area contributed by atoms with Gasteiger partial charge in [-0.1, -0.05) is 36.7 Å². The second-order valence-corrected chi connectivity index (χ2v) is 11.8. The number of halogens is 4. The maximum atomic E-state index is 13.1. The average molecular weight is 635 g/mol. The molecule has 2 aromatic carbocycles. The highest BCUT2D eigenvalue weighted by Gasteiger charge is 2.46. The lowest BCUT2D eigenvalue weighted by atomic mass is 10.1. The number of nitrogens with one attached hydrogen (secondary N) is 1. The van der Waals surface area contributed by atoms with Gasteiger partial charge >= 0.3 is 21.5 Å². The van der Waals surface area contributed by atoms with E-state index in [1.165, 1.54) is 24.3 Å². The van der Waals surface area contributed by atoms with Crippen LogP contribution >= 0.6 is 11.6 Å². The average Bonchev–Trinajstić information content (AvgIpc) is 3.46. The number of aryl methyl sites for hydroxylation is 2. The fraction of sp³-hybridized carbons (Fsp3) is 0.276. The fourth-order valence-corrected chi connectivity index (χ4v) is 5.59. The summed E-state index contributed by atoms with van der Waals surface area (Å²) in [7, 11) is -5.68. The van der Waals surface area contributed by atoms with Gasteiger partial charge in [-0.15, -0.1) is 0 Å². The number of alkyl halides is 3. The number of sulfonamides is 1. The largest absolute Gasteiger partial charge is 0.516 e. The quantitative estimate of drug-likeness (QED) is 0.170. The third-order valence-electron chi connectivity index (χ3n) is 6.68. The molecule has 0 bridgehead atoms. The lowest BCUT2D eigenvalue weighted by Gasteiger charge is -2.13. The summed E-state index contributed by atoms with van der Waals surface area (Å²) >= 11 is 6.68. The van der Waals surface area contributed by atoms with Crippen LogP contribution in [0.3, 0.4) is 0 Å². The number of aromatic nitrogens is 3. The Morgan fingerprint density at radius 1 is 1.12 bits per heavy atom. The number of hydrogen-bond acceptors (Lipinski definition) is 7. The molecular formula is C29H26ClF3N4O5S. The van der Waals surface area contributed by atoms with Crippen LogP contribution in [0.4, 0.5) is 18.9 Å². The molecule has 14 heteroatoms. The predicted octanol–water partition coefficient (Wildman–Crippen LogP) is 7.25. The second kappa shape index (κ2) is 11.5. The van der Waals surface area contributed by atoms with E-state index in [0.717, 1.165) is 23.4 Å². The van der Waals surface area contributed by atoms with E-state index in [1.54, 1.807) is 35.9 Å². The summed E-state index contributed by atoms with van der Waals surface area (Å²) in [5, 5.41) is 0.568. The lowest BCUT2D eigenvalue weighted by Crippen LogP contribution is -2.30. The maximum Gasteiger partial charge on any atom is 0.516 e. The molecule has 1 N–H and O–H groups in total. The molecule has 0 spiro atoms. The number of para-hydroxylation sites is 1. The highest BCUT2D eigenvalue weighted by molar-refractivity contribution is 7.93. The zero-order chi connectivity index (χ0) is 31.1. The van der Waals surface area contributed by atoms with Gasteiger partial charge in [0.25, 0.3) is 0 Å². The number of carbonyl (C=O) groups excluding carboxylic acids is 1. The highest BCUT2D eigenvalue weighted by Crippen LogP contribution is 2.41. The zero-order valence-electron chi connectivity index (χ0n) is 23.3. The molecule has 0 amide bonds. The number of ether oxygens (including phenoxy) is 1. The van der Waals surface area contributed by atoms with Crippen molar-refractivity contribution in [3.63, 3.8) is 0 Å². The molecule has 0 atom stereocenters. The van der Waals surface area contributed by atoms with Gasteiger partial charge in [0.15, 0.2) is 17.1 Å². The van der Waals surface area contributed by atoms with Gasteiger partial charge < -0.3 is 13.7 Å². The molecule has 43 heavy (non-hydrogen) atoms. The van der Waals surface area contributed by atoms with Gasteiger partial charge in [-0.05, 0) is 61.7 Å². The minimum atomic E-state index is -5.68. The van der Waals surface area contributed by atoms with E-state index < -0.39 is 21.5 Å². The van der Waals surface area contributed by atoms with Crippen LogP contribution in [0.1, 0.15) is 47.7 Å². The monoisotopic (exact) mass is 634 g/mol. The van der Waals surface area contributed by atoms with Gasteiger partial charge in [0, 0.05) is 17.4 Å². The van der Waals surface area contributed by atoms with Crippen molar-refractivity contribution in [3.8, 4) is 11.3 Å². The summed E-state index contributed by atoms with van der Waals surface area (Å²) in [6.45, 7) is 6.13. The van der Waals surface area contributed by atoms with E-state index in [1.807, 2.05) is 18.4 Å². The number of imidazole rings is 1. The maximum absolute atomic E-state index is 13.1. The van der Waals surface area contributed by atoms with Crippen molar-refractivity contribution in [2.24, 2.45) is 0 Å². The highest BCUT2D eigenvalue weighted by atomic mass is 35.5. The molecule has 0 unspecified atom stereocenters. The van der Waals surface area contributed by atoms with Gasteiger partial charge in [-0.3, -0.25) is 4.72 Å². The van der Waals surface area contributed by atoms with Crippen LogP contribution in [0.2, 0.25) is 5.02 Å². The topological polar surface area (TPSA) is 116 Å². The Balaban J connectivity index is 1.57. The van der Waals surface area contributed by atoms with Crippen LogP contribution < -0.4 is 4.72 Å². The first kappa shape index (κ1) is 30.4. The number of nitrogens with zero attached hydrogens (tertiary/aromatic N) is 3. The van der Waals surface area contributed by atoms with E-state index in [-0.39, 0.29) is 34.3 Å². The van der Waals surface area contributed by atoms with Crippen LogP contribution in [0.25, 0.3) is 33.5 Å². The van der Waals surface area contributed by atoms with Crippen molar-refractivity contribution in [1.29, 1.82) is 0 Å². The van der Waals surface area contributed by atoms with E-state index in [0.29, 0.717) is 35.1 Å². The number of fused-ring (bicyclic) bond motifs is 2. The van der Waals surface area contributed by atoms with Crippen molar-refractivity contribution in [2.75, 3.05) is 11.3 Å². The van der Waals surface area contributed by atoms with Crippen molar-refractivity contribution in [1.82, 2.24) is 14.5 Å². The zero-order valence-corrected chi connectivity index (χ0v) is 24.8. The number of carbonyl (C=O) groups is 1. The molecule has 5 rings (SSSR count). The molecular weight excluding hydrogens is 609 g/mol. The van der Waals surface area contributed by atoms with Crippen molar-refractivity contribution >= 4 is 55.4 Å². The number of furan rings is 1. The third kappa shape index (κ3) is 5.78. The Morgan fingerprint density at radius 2 is 1.86 bits per heavy atom. The Bertz CT molecular complexity index is 1970. The first-order chi connectivity index (χ1) is 20.3. The molecule has 3 aromatic heterocycles. The number of esters is 1. The standard InChI is InChI=1S/C29H26ClF3N4O5S/c1-4-8-23-35-25-16(3)13-21(28(38)41-5-2)34-27(25)37(23)15-17-11-12-22-19(14-17)24(30)26(42-22)18-9-6-7-10-20(18)36-43(39,40)29(31,32)33/h6-7,9-14,36H,4-5,8,15H2,1-3H3. The summed E-state index contributed by atoms with van der Waals surface area (Å²) in [5.74, 6) is 0.249. The SMILES string of the molecule is CCCc1nc2c(C)cc(C(=O)OCC)nc2n1Cc1ccc2oc(-c3ccccc3NS(=O)(=O)C(F)(F)F)c(Cl)c2c1. The molecule has 0 aliphatic heterocycles. The summed E-state index contributed by atoms with van der Waals surface area (Å²) in [4.78, 5) is 21.8. The third-order valence-corrected chi connectivity index (χ3v) is 8.16. The van der Waals surface area contributed by atoms with E-state index in [2.05, 4.69) is 4.98 Å². The summed E-state index contributed by atoms with van der Waals surface area (Å²) in [6, 6.07) is 12.4. The number of hydrogen-bond donors (Lipinski definition) is 1. The molecule has 0 saturated carbocycles. The molecule has 3 heterocycles. The van der Waals surface area contributed by atoms with E-state index in [4.69, 9.17) is 25.7 Å². The van der Waals surface area contributed by atoms with Crippen LogP contribution in [0, 0.1) is 6.92 Å². The number of pyridine rings is 1. The van der Waals surface area contributed by atoms with Crippen molar-refractivity contribution in [3.05, 3.63) is 76.2 Å². The van der Waals surface area contributed by atoms with Gasteiger partial charge in [0.1, 0.15) is 16.9 Å². The normalized spacial score (nSPS) is 12.3. The first-order valence-corrected chi connectivity index (χ1v) is 15.1. The van der Waals surface area contributed by atoms with Crippen molar-refractivity contribution in [2.45, 2.75) is 45.7 Å². The van der Waals surface area contributed by atoms with Crippen LogP contribution in [0.15, 0.2) is 52.9 Å². The molecule has 0 saturated heterocycles. The van der Waals surface area contributed by atoms with Crippen LogP contribution in [-0.4, -0.2) is 41.0 Å². The Morgan fingerprint density at radius 3 is 2.56 bits per heavy atom. The Hall–Kier alpha value is -4.10. The molecule has 0 aliphatic carbocycles. The van der Waals surface area contributed by atoms with Gasteiger partial charge in [-0.2, -0.15) is 21.6 Å². The van der Waals surface area contributed by atoms with Crippen LogP contribution in [-0.2, 0) is 27.7 Å². The van der Waals surface area contributed by atoms with E-state index >= 15 is 0 Å². The Kier molecular flexibility index (Phi) is 8.14. The number of anilines is 1. The van der Waals surface area contributed by atoms with Crippen LogP contribution in [0.5, 0.6) is 0 Å². The summed E-state index contributed by atoms with van der Waals surface area (Å²) < 4.78 is 77.3. The fourth-order valence-electron chi connectivity index (χ4n) is 4.72. The van der Waals surface area contributed by atoms with Gasteiger partial charge in [0.05, 0.1) is 23.9 Å². The summed E-state index contributed by atoms with van der Waals surface area (Å²) in [6.07, 6.45) is 1.48. The minimum Gasteiger partial charge on any atom is -0.461 e. The van der Waals surface area contributed by atoms with Crippen molar-refractivity contribution < 1.29 is 35.5 Å². The molecule has 0 aliphatic rings.